The maximum atomic E-state index is 9.72. The molecule has 0 amide bonds. The second-order valence-corrected chi connectivity index (χ2v) is 5.33. The molecule has 4 nitrogen and oxygen atoms in total. The summed E-state index contributed by atoms with van der Waals surface area (Å²) in [5.74, 6) is 0. The minimum atomic E-state index is -0.354. The maximum Gasteiger partial charge on any atom is 0.0773 e. The largest absolute Gasteiger partial charge is 0.394 e. The molecule has 122 valence electrons. The zero-order valence-electron chi connectivity index (χ0n) is 13.2. The fraction of sp³-hybridized carbons (Fsp3) is 1.00. The Labute approximate surface area is 124 Å². The fourth-order valence-corrected chi connectivity index (χ4v) is 2.10. The molecule has 0 aromatic rings. The zero-order valence-corrected chi connectivity index (χ0v) is 13.2. The molecule has 0 heterocycles. The molecule has 20 heavy (non-hydrogen) atoms. The molecule has 0 aromatic carbocycles. The highest BCUT2D eigenvalue weighted by atomic mass is 16.5. The van der Waals surface area contributed by atoms with Crippen LogP contribution in [0.5, 0.6) is 0 Å². The average Bonchev–Trinajstić information content (AvgIpc) is 2.45. The van der Waals surface area contributed by atoms with Crippen molar-refractivity contribution in [1.29, 1.82) is 0 Å². The molecule has 1 unspecified atom stereocenters. The first-order valence-corrected chi connectivity index (χ1v) is 8.25. The quantitative estimate of drug-likeness (QED) is 0.429. The van der Waals surface area contributed by atoms with Gasteiger partial charge in [-0.15, -0.1) is 0 Å². The first kappa shape index (κ1) is 19.8. The molecule has 2 N–H and O–H groups in total. The van der Waals surface area contributed by atoms with Crippen molar-refractivity contribution in [3.05, 3.63) is 0 Å². The number of ether oxygens (including phenoxy) is 2. The van der Waals surface area contributed by atoms with Crippen LogP contribution in [-0.2, 0) is 9.47 Å². The monoisotopic (exact) mass is 290 g/mol. The molecule has 0 fully saturated rings. The Morgan fingerprint density at radius 1 is 0.800 bits per heavy atom. The summed E-state index contributed by atoms with van der Waals surface area (Å²) in [7, 11) is 0. The highest BCUT2D eigenvalue weighted by Gasteiger charge is 2.03. The molecule has 0 bridgehead atoms. The summed E-state index contributed by atoms with van der Waals surface area (Å²) in [5.41, 5.74) is 0. The summed E-state index contributed by atoms with van der Waals surface area (Å²) in [4.78, 5) is 0. The van der Waals surface area contributed by atoms with Crippen LogP contribution in [0.4, 0.5) is 0 Å². The van der Waals surface area contributed by atoms with Crippen molar-refractivity contribution in [2.75, 3.05) is 33.0 Å². The van der Waals surface area contributed by atoms with Gasteiger partial charge in [0, 0.05) is 0 Å². The van der Waals surface area contributed by atoms with Gasteiger partial charge < -0.3 is 19.7 Å². The van der Waals surface area contributed by atoms with E-state index in [0.717, 1.165) is 12.8 Å². The second-order valence-electron chi connectivity index (χ2n) is 5.33. The van der Waals surface area contributed by atoms with Crippen LogP contribution in [0.25, 0.3) is 0 Å². The van der Waals surface area contributed by atoms with E-state index in [2.05, 4.69) is 6.92 Å². The van der Waals surface area contributed by atoms with E-state index in [-0.39, 0.29) is 12.7 Å². The lowest BCUT2D eigenvalue weighted by molar-refractivity contribution is -0.00465. The SMILES string of the molecule is CCCCCCCCCCC(O)COCCOCCO. The molecule has 0 aliphatic heterocycles. The number of rotatable bonds is 16. The van der Waals surface area contributed by atoms with Gasteiger partial charge in [-0.25, -0.2) is 0 Å². The van der Waals surface area contributed by atoms with Gasteiger partial charge >= 0.3 is 0 Å². The molecule has 0 rings (SSSR count). The van der Waals surface area contributed by atoms with E-state index in [1.54, 1.807) is 0 Å². The van der Waals surface area contributed by atoms with E-state index in [9.17, 15) is 5.11 Å². The van der Waals surface area contributed by atoms with Crippen molar-refractivity contribution >= 4 is 0 Å². The Morgan fingerprint density at radius 2 is 1.40 bits per heavy atom. The summed E-state index contributed by atoms with van der Waals surface area (Å²) in [6, 6.07) is 0. The standard InChI is InChI=1S/C16H34O4/c1-2-3-4-5-6-7-8-9-10-16(18)15-20-14-13-19-12-11-17/h16-18H,2-15H2,1H3. The van der Waals surface area contributed by atoms with E-state index in [0.29, 0.717) is 26.4 Å². The molecule has 1 atom stereocenters. The van der Waals surface area contributed by atoms with E-state index >= 15 is 0 Å². The Kier molecular flexibility index (Phi) is 16.8. The number of aliphatic hydroxyl groups excluding tert-OH is 2. The van der Waals surface area contributed by atoms with Gasteiger partial charge in [0.25, 0.3) is 0 Å². The number of hydrogen-bond acceptors (Lipinski definition) is 4. The minimum absolute atomic E-state index is 0.0427. The molecular weight excluding hydrogens is 256 g/mol. The highest BCUT2D eigenvalue weighted by molar-refractivity contribution is 4.55. The maximum absolute atomic E-state index is 9.72. The van der Waals surface area contributed by atoms with Crippen molar-refractivity contribution in [1.82, 2.24) is 0 Å². The molecule has 0 radical (unpaired) electrons. The number of hydrogen-bond donors (Lipinski definition) is 2. The van der Waals surface area contributed by atoms with Gasteiger partial charge in [0.1, 0.15) is 0 Å². The summed E-state index contributed by atoms with van der Waals surface area (Å²) < 4.78 is 10.4. The molecule has 4 heteroatoms. The lowest BCUT2D eigenvalue weighted by atomic mass is 10.1. The van der Waals surface area contributed by atoms with Crippen LogP contribution in [0.3, 0.4) is 0 Å². The fourth-order valence-electron chi connectivity index (χ4n) is 2.10. The Bertz CT molecular complexity index is 176. The van der Waals surface area contributed by atoms with E-state index in [1.807, 2.05) is 0 Å². The van der Waals surface area contributed by atoms with Gasteiger partial charge in [-0.2, -0.15) is 0 Å². The molecule has 0 saturated heterocycles. The van der Waals surface area contributed by atoms with E-state index < -0.39 is 0 Å². The van der Waals surface area contributed by atoms with Crippen LogP contribution >= 0.6 is 0 Å². The van der Waals surface area contributed by atoms with Gasteiger partial charge in [-0.1, -0.05) is 58.3 Å². The first-order chi connectivity index (χ1) is 9.81. The van der Waals surface area contributed by atoms with Crippen LogP contribution in [-0.4, -0.2) is 49.4 Å². The van der Waals surface area contributed by atoms with Gasteiger partial charge in [0.05, 0.1) is 39.1 Å². The topological polar surface area (TPSA) is 58.9 Å². The highest BCUT2D eigenvalue weighted by Crippen LogP contribution is 2.10. The van der Waals surface area contributed by atoms with Gasteiger partial charge in [0.15, 0.2) is 0 Å². The lowest BCUT2D eigenvalue weighted by Gasteiger charge is -2.11. The molecule has 0 aliphatic rings. The third-order valence-electron chi connectivity index (χ3n) is 3.31. The van der Waals surface area contributed by atoms with Crippen LogP contribution in [0.15, 0.2) is 0 Å². The Balaban J connectivity index is 3.10. The third kappa shape index (κ3) is 15.9. The summed E-state index contributed by atoms with van der Waals surface area (Å²) in [5, 5.41) is 18.2. The predicted octanol–water partition coefficient (Wildman–Crippen LogP) is 2.90. The van der Waals surface area contributed by atoms with Crippen molar-refractivity contribution < 1.29 is 19.7 Å². The predicted molar refractivity (Wildman–Crippen MR) is 82.0 cm³/mol. The Hall–Kier alpha value is -0.160. The Morgan fingerprint density at radius 3 is 2.05 bits per heavy atom. The lowest BCUT2D eigenvalue weighted by Crippen LogP contribution is -2.17. The molecule has 0 aliphatic carbocycles. The first-order valence-electron chi connectivity index (χ1n) is 8.25. The van der Waals surface area contributed by atoms with Crippen LogP contribution in [0.2, 0.25) is 0 Å². The zero-order chi connectivity index (χ0) is 14.9. The second kappa shape index (κ2) is 16.9. The van der Waals surface area contributed by atoms with E-state index in [1.165, 1.54) is 44.9 Å². The number of unbranched alkanes of at least 4 members (excludes halogenated alkanes) is 7. The molecule has 0 saturated carbocycles. The summed E-state index contributed by atoms with van der Waals surface area (Å²) >= 11 is 0. The third-order valence-corrected chi connectivity index (χ3v) is 3.31. The van der Waals surface area contributed by atoms with Crippen LogP contribution in [0, 0.1) is 0 Å². The van der Waals surface area contributed by atoms with Gasteiger partial charge in [-0.3, -0.25) is 0 Å². The summed E-state index contributed by atoms with van der Waals surface area (Å²) in [6.45, 7) is 3.98. The van der Waals surface area contributed by atoms with Crippen molar-refractivity contribution in [2.24, 2.45) is 0 Å². The van der Waals surface area contributed by atoms with Gasteiger partial charge in [-0.05, 0) is 6.42 Å². The number of aliphatic hydroxyl groups is 2. The smallest absolute Gasteiger partial charge is 0.0773 e. The summed E-state index contributed by atoms with van der Waals surface area (Å²) in [6.07, 6.45) is 10.8. The van der Waals surface area contributed by atoms with E-state index in [4.69, 9.17) is 14.6 Å². The molecular formula is C16H34O4. The molecule has 0 aromatic heterocycles. The van der Waals surface area contributed by atoms with Crippen molar-refractivity contribution in [3.63, 3.8) is 0 Å². The average molecular weight is 290 g/mol. The van der Waals surface area contributed by atoms with Crippen molar-refractivity contribution in [2.45, 2.75) is 70.8 Å². The minimum Gasteiger partial charge on any atom is -0.394 e. The van der Waals surface area contributed by atoms with Crippen LogP contribution < -0.4 is 0 Å². The van der Waals surface area contributed by atoms with Crippen LogP contribution in [0.1, 0.15) is 64.7 Å². The molecule has 0 spiro atoms. The van der Waals surface area contributed by atoms with Gasteiger partial charge in [0.2, 0.25) is 0 Å². The normalized spacial score (nSPS) is 12.8. The van der Waals surface area contributed by atoms with Crippen molar-refractivity contribution in [3.8, 4) is 0 Å².